The Morgan fingerprint density at radius 1 is 1.31 bits per heavy atom. The molecule has 0 aromatic carbocycles. The molecular formula is C18H24N4O2S2. The molecule has 1 saturated heterocycles. The number of aryl methyl sites for hydroxylation is 2. The van der Waals surface area contributed by atoms with Gasteiger partial charge in [-0.1, -0.05) is 0 Å². The number of aromatic amines is 1. The minimum absolute atomic E-state index is 0.0261. The molecule has 1 unspecified atom stereocenters. The first-order valence-corrected chi connectivity index (χ1v) is 11.3. The predicted molar refractivity (Wildman–Crippen MR) is 107 cm³/mol. The van der Waals surface area contributed by atoms with Crippen LogP contribution in [-0.2, 0) is 23.4 Å². The molecule has 1 atom stereocenters. The Labute approximate surface area is 160 Å². The summed E-state index contributed by atoms with van der Waals surface area (Å²) in [5.41, 5.74) is 1.19. The molecule has 1 aliphatic carbocycles. The first kappa shape index (κ1) is 18.0. The quantitative estimate of drug-likeness (QED) is 0.700. The molecule has 8 heteroatoms. The van der Waals surface area contributed by atoms with Crippen molar-refractivity contribution in [2.24, 2.45) is 0 Å². The lowest BCUT2D eigenvalue weighted by Crippen LogP contribution is -2.37. The van der Waals surface area contributed by atoms with Gasteiger partial charge in [-0.05, 0) is 50.6 Å². The van der Waals surface area contributed by atoms with Crippen LogP contribution >= 0.6 is 23.1 Å². The van der Waals surface area contributed by atoms with Crippen LogP contribution in [-0.4, -0.2) is 40.8 Å². The average Bonchev–Trinajstić information content (AvgIpc) is 3.27. The second kappa shape index (κ2) is 8.10. The second-order valence-electron chi connectivity index (χ2n) is 6.99. The molecule has 3 N–H and O–H groups in total. The Bertz CT molecular complexity index is 855. The fourth-order valence-electron chi connectivity index (χ4n) is 3.74. The molecule has 1 fully saturated rings. The third-order valence-corrected chi connectivity index (χ3v) is 7.18. The van der Waals surface area contributed by atoms with Crippen LogP contribution in [0.1, 0.15) is 41.9 Å². The molecule has 0 bridgehead atoms. The Morgan fingerprint density at radius 3 is 3.04 bits per heavy atom. The molecule has 2 aliphatic rings. The molecule has 4 rings (SSSR count). The van der Waals surface area contributed by atoms with Gasteiger partial charge in [0.2, 0.25) is 5.91 Å². The molecule has 0 radical (unpaired) electrons. The van der Waals surface area contributed by atoms with Gasteiger partial charge in [0.1, 0.15) is 10.7 Å². The number of carbonyl (C=O) groups excluding carboxylic acids is 1. The number of hydrogen-bond acceptors (Lipinski definition) is 6. The molecule has 140 valence electrons. The molecule has 1 aliphatic heterocycles. The Hall–Kier alpha value is -1.38. The van der Waals surface area contributed by atoms with Crippen molar-refractivity contribution in [2.45, 2.75) is 50.3 Å². The van der Waals surface area contributed by atoms with Gasteiger partial charge in [0.05, 0.1) is 16.9 Å². The first-order valence-electron chi connectivity index (χ1n) is 9.32. The van der Waals surface area contributed by atoms with Crippen LogP contribution in [0.25, 0.3) is 10.2 Å². The maximum atomic E-state index is 12.5. The number of aromatic nitrogens is 2. The number of thioether (sulfide) groups is 1. The number of thiophene rings is 1. The first-order chi connectivity index (χ1) is 12.7. The van der Waals surface area contributed by atoms with Gasteiger partial charge in [-0.25, -0.2) is 4.98 Å². The van der Waals surface area contributed by atoms with E-state index in [1.54, 1.807) is 11.3 Å². The van der Waals surface area contributed by atoms with Gasteiger partial charge in [0.25, 0.3) is 5.56 Å². The van der Waals surface area contributed by atoms with Crippen molar-refractivity contribution in [1.82, 2.24) is 20.6 Å². The number of rotatable bonds is 6. The monoisotopic (exact) mass is 392 g/mol. The smallest absolute Gasteiger partial charge is 0.259 e. The number of carbonyl (C=O) groups is 1. The number of hydrogen-bond donors (Lipinski definition) is 3. The van der Waals surface area contributed by atoms with Gasteiger partial charge in [-0.3, -0.25) is 9.59 Å². The summed E-state index contributed by atoms with van der Waals surface area (Å²) in [4.78, 5) is 34.2. The predicted octanol–water partition coefficient (Wildman–Crippen LogP) is 1.96. The zero-order chi connectivity index (χ0) is 17.9. The summed E-state index contributed by atoms with van der Waals surface area (Å²) >= 11 is 3.15. The summed E-state index contributed by atoms with van der Waals surface area (Å²) < 4.78 is 0. The molecule has 1 amide bonds. The zero-order valence-corrected chi connectivity index (χ0v) is 16.4. The van der Waals surface area contributed by atoms with Gasteiger partial charge < -0.3 is 15.6 Å². The Morgan fingerprint density at radius 2 is 2.19 bits per heavy atom. The lowest BCUT2D eigenvalue weighted by molar-refractivity contribution is -0.118. The van der Waals surface area contributed by atoms with Gasteiger partial charge in [-0.15, -0.1) is 23.1 Å². The lowest BCUT2D eigenvalue weighted by atomic mass is 9.97. The van der Waals surface area contributed by atoms with E-state index in [2.05, 4.69) is 20.6 Å². The van der Waals surface area contributed by atoms with E-state index in [0.717, 1.165) is 42.4 Å². The van der Waals surface area contributed by atoms with Crippen LogP contribution in [0.15, 0.2) is 4.79 Å². The maximum absolute atomic E-state index is 12.5. The van der Waals surface area contributed by atoms with Crippen molar-refractivity contribution in [3.05, 3.63) is 26.6 Å². The van der Waals surface area contributed by atoms with Crippen molar-refractivity contribution in [3.8, 4) is 0 Å². The van der Waals surface area contributed by atoms with Crippen LogP contribution in [0, 0.1) is 0 Å². The summed E-state index contributed by atoms with van der Waals surface area (Å²) in [5, 5.41) is 7.13. The number of nitrogens with zero attached hydrogens (tertiary/aromatic N) is 1. The van der Waals surface area contributed by atoms with Crippen LogP contribution in [0.3, 0.4) is 0 Å². The van der Waals surface area contributed by atoms with E-state index in [1.807, 2.05) is 0 Å². The van der Waals surface area contributed by atoms with Gasteiger partial charge in [0.15, 0.2) is 0 Å². The van der Waals surface area contributed by atoms with Gasteiger partial charge in [-0.2, -0.15) is 0 Å². The fraction of sp³-hybridized carbons (Fsp3) is 0.611. The van der Waals surface area contributed by atoms with Crippen LogP contribution < -0.4 is 16.2 Å². The van der Waals surface area contributed by atoms with Crippen molar-refractivity contribution in [1.29, 1.82) is 0 Å². The van der Waals surface area contributed by atoms with E-state index in [1.165, 1.54) is 35.0 Å². The van der Waals surface area contributed by atoms with E-state index in [-0.39, 0.29) is 11.5 Å². The van der Waals surface area contributed by atoms with Gasteiger partial charge in [0, 0.05) is 17.5 Å². The number of nitrogens with one attached hydrogen (secondary N) is 3. The molecule has 2 aromatic heterocycles. The molecule has 6 nitrogen and oxygen atoms in total. The topological polar surface area (TPSA) is 86.9 Å². The van der Waals surface area contributed by atoms with Crippen LogP contribution in [0.2, 0.25) is 0 Å². The summed E-state index contributed by atoms with van der Waals surface area (Å²) in [7, 11) is 0. The highest BCUT2D eigenvalue weighted by Crippen LogP contribution is 2.33. The van der Waals surface area contributed by atoms with Crippen molar-refractivity contribution in [3.63, 3.8) is 0 Å². The largest absolute Gasteiger partial charge is 0.354 e. The Balaban J connectivity index is 1.34. The average molecular weight is 393 g/mol. The SMILES string of the molecule is O=C(CSCc1nc2sc3c(c2c(=O)[nH]1)CCCC3)NCC1CCCN1. The minimum atomic E-state index is -0.0261. The summed E-state index contributed by atoms with van der Waals surface area (Å²) in [6.07, 6.45) is 6.72. The van der Waals surface area contributed by atoms with E-state index in [4.69, 9.17) is 0 Å². The fourth-order valence-corrected chi connectivity index (χ4v) is 5.74. The molecule has 0 saturated carbocycles. The lowest BCUT2D eigenvalue weighted by Gasteiger charge is -2.11. The third-order valence-electron chi connectivity index (χ3n) is 5.05. The molecule has 26 heavy (non-hydrogen) atoms. The zero-order valence-electron chi connectivity index (χ0n) is 14.7. The second-order valence-corrected chi connectivity index (χ2v) is 9.06. The summed E-state index contributed by atoms with van der Waals surface area (Å²) in [6.45, 7) is 1.74. The van der Waals surface area contributed by atoms with E-state index >= 15 is 0 Å². The van der Waals surface area contributed by atoms with E-state index in [9.17, 15) is 9.59 Å². The molecular weight excluding hydrogens is 368 g/mol. The van der Waals surface area contributed by atoms with Crippen molar-refractivity contribution >= 4 is 39.2 Å². The molecule has 2 aromatic rings. The van der Waals surface area contributed by atoms with E-state index in [0.29, 0.717) is 29.9 Å². The highest BCUT2D eigenvalue weighted by molar-refractivity contribution is 7.99. The standard InChI is InChI=1S/C18H24N4O2S2/c23-15(20-8-11-4-3-7-19-11)10-25-9-14-21-17(24)16-12-5-1-2-6-13(12)26-18(16)22-14/h11,19H,1-10H2,(H,20,23)(H,21,22,24). The molecule has 0 spiro atoms. The van der Waals surface area contributed by atoms with Gasteiger partial charge >= 0.3 is 0 Å². The summed E-state index contributed by atoms with van der Waals surface area (Å²) in [5.74, 6) is 1.63. The van der Waals surface area contributed by atoms with Crippen LogP contribution in [0.4, 0.5) is 0 Å². The summed E-state index contributed by atoms with van der Waals surface area (Å²) in [6, 6.07) is 0.411. The normalized spacial score (nSPS) is 19.6. The van der Waals surface area contributed by atoms with Crippen molar-refractivity contribution < 1.29 is 4.79 Å². The number of amides is 1. The number of fused-ring (bicyclic) bond motifs is 3. The van der Waals surface area contributed by atoms with E-state index < -0.39 is 0 Å². The third kappa shape index (κ3) is 3.97. The van der Waals surface area contributed by atoms with Crippen molar-refractivity contribution in [2.75, 3.05) is 18.8 Å². The van der Waals surface area contributed by atoms with Crippen LogP contribution in [0.5, 0.6) is 0 Å². The molecule has 3 heterocycles. The highest BCUT2D eigenvalue weighted by atomic mass is 32.2. The maximum Gasteiger partial charge on any atom is 0.259 e. The minimum Gasteiger partial charge on any atom is -0.354 e. The highest BCUT2D eigenvalue weighted by Gasteiger charge is 2.20. The Kier molecular flexibility index (Phi) is 5.61. The number of H-pyrrole nitrogens is 1.